The first-order valence-corrected chi connectivity index (χ1v) is 8.98. The summed E-state index contributed by atoms with van der Waals surface area (Å²) in [5.41, 5.74) is 1.82. The minimum absolute atomic E-state index is 0.129. The molecular weight excluding hydrogens is 228 g/mol. The van der Waals surface area contributed by atoms with Crippen molar-refractivity contribution in [1.82, 2.24) is 0 Å². The van der Waals surface area contributed by atoms with E-state index < -0.39 is 8.32 Å². The summed E-state index contributed by atoms with van der Waals surface area (Å²) in [5.74, 6) is 0. The van der Waals surface area contributed by atoms with Crippen LogP contribution >= 0.6 is 0 Å². The first-order valence-electron chi connectivity index (χ1n) is 6.84. The van der Waals surface area contributed by atoms with Gasteiger partial charge in [-0.25, -0.2) is 0 Å². The Kier molecular flexibility index (Phi) is 4.99. The van der Waals surface area contributed by atoms with Crippen molar-refractivity contribution in [2.24, 2.45) is 0 Å². The second-order valence-electron chi connectivity index (χ2n) is 6.16. The van der Waals surface area contributed by atoms with Crippen LogP contribution in [0.3, 0.4) is 0 Å². The third-order valence-electron chi connectivity index (χ3n) is 4.08. The van der Waals surface area contributed by atoms with Gasteiger partial charge in [0, 0.05) is 6.42 Å². The lowest BCUT2D eigenvalue weighted by Gasteiger charge is -2.43. The van der Waals surface area contributed by atoms with Gasteiger partial charge < -0.3 is 9.53 Å². The summed E-state index contributed by atoms with van der Waals surface area (Å²) in [6, 6.07) is 0. The third kappa shape index (κ3) is 3.01. The van der Waals surface area contributed by atoms with Crippen molar-refractivity contribution in [3.63, 3.8) is 0 Å². The average Bonchev–Trinajstić information content (AvgIpc) is 2.58. The van der Waals surface area contributed by atoms with Crippen LogP contribution < -0.4 is 0 Å². The van der Waals surface area contributed by atoms with Gasteiger partial charge in [0.15, 0.2) is 0 Å². The lowest BCUT2D eigenvalue weighted by atomic mass is 10.3. The maximum Gasteiger partial charge on any atom is 0.201 e. The van der Waals surface area contributed by atoms with E-state index in [0.29, 0.717) is 16.6 Å². The summed E-state index contributed by atoms with van der Waals surface area (Å²) in [6.45, 7) is 13.8. The molecule has 2 nitrogen and oxygen atoms in total. The van der Waals surface area contributed by atoms with Gasteiger partial charge >= 0.3 is 0 Å². The molecule has 0 saturated heterocycles. The maximum atomic E-state index is 9.56. The van der Waals surface area contributed by atoms with Crippen LogP contribution in [0.5, 0.6) is 0 Å². The van der Waals surface area contributed by atoms with E-state index in [4.69, 9.17) is 4.43 Å². The van der Waals surface area contributed by atoms with Crippen molar-refractivity contribution in [2.75, 3.05) is 0 Å². The summed E-state index contributed by atoms with van der Waals surface area (Å²) in [7, 11) is -1.78. The van der Waals surface area contributed by atoms with Crippen LogP contribution in [0.15, 0.2) is 12.2 Å². The van der Waals surface area contributed by atoms with E-state index in [1.54, 1.807) is 0 Å². The molecule has 2 atom stereocenters. The summed E-state index contributed by atoms with van der Waals surface area (Å²) in [5, 5.41) is 9.56. The molecule has 0 radical (unpaired) electrons. The topological polar surface area (TPSA) is 29.5 Å². The fraction of sp³-hybridized carbons (Fsp3) is 0.857. The monoisotopic (exact) mass is 256 g/mol. The molecule has 0 bridgehead atoms. The molecule has 0 aromatic rings. The highest BCUT2D eigenvalue weighted by molar-refractivity contribution is 6.77. The fourth-order valence-corrected chi connectivity index (χ4v) is 8.92. The zero-order valence-electron chi connectivity index (χ0n) is 12.1. The number of rotatable bonds is 5. The molecule has 0 saturated carbocycles. The SMILES string of the molecule is CC(C)[Si](O[C@@H]1C=C[C@H](O)C1)(C(C)C)C(C)C. The second-order valence-corrected chi connectivity index (χ2v) is 11.6. The third-order valence-corrected chi connectivity index (χ3v) is 10.2. The van der Waals surface area contributed by atoms with Gasteiger partial charge in [-0.15, -0.1) is 0 Å². The van der Waals surface area contributed by atoms with Crippen LogP contribution in [0, 0.1) is 0 Å². The predicted molar refractivity (Wildman–Crippen MR) is 75.7 cm³/mol. The molecule has 3 heteroatoms. The average molecular weight is 256 g/mol. The quantitative estimate of drug-likeness (QED) is 0.598. The highest BCUT2D eigenvalue weighted by atomic mass is 28.4. The van der Waals surface area contributed by atoms with Crippen LogP contribution in [0.1, 0.15) is 48.0 Å². The molecule has 1 aliphatic rings. The number of aliphatic hydroxyl groups is 1. The van der Waals surface area contributed by atoms with Gasteiger partial charge in [-0.3, -0.25) is 0 Å². The highest BCUT2D eigenvalue weighted by Crippen LogP contribution is 2.43. The van der Waals surface area contributed by atoms with Crippen LogP contribution in [-0.4, -0.2) is 25.6 Å². The Bertz CT molecular complexity index is 250. The summed E-state index contributed by atoms with van der Waals surface area (Å²) >= 11 is 0. The van der Waals surface area contributed by atoms with E-state index in [0.717, 1.165) is 6.42 Å². The molecule has 0 aromatic heterocycles. The molecule has 0 aliphatic heterocycles. The van der Waals surface area contributed by atoms with Crippen LogP contribution in [0.2, 0.25) is 16.6 Å². The van der Waals surface area contributed by atoms with Crippen LogP contribution in [-0.2, 0) is 4.43 Å². The first-order chi connectivity index (χ1) is 7.80. The Morgan fingerprint density at radius 2 is 1.47 bits per heavy atom. The molecule has 0 fully saturated rings. The molecule has 100 valence electrons. The molecule has 1 rings (SSSR count). The summed E-state index contributed by atoms with van der Waals surface area (Å²) in [4.78, 5) is 0. The Labute approximate surface area is 107 Å². The number of hydrogen-bond donors (Lipinski definition) is 1. The maximum absolute atomic E-state index is 9.56. The minimum Gasteiger partial charge on any atom is -0.410 e. The minimum atomic E-state index is -1.78. The van der Waals surface area contributed by atoms with Crippen LogP contribution in [0.25, 0.3) is 0 Å². The fourth-order valence-electron chi connectivity index (χ4n) is 3.41. The van der Waals surface area contributed by atoms with E-state index in [2.05, 4.69) is 41.5 Å². The van der Waals surface area contributed by atoms with Crippen molar-refractivity contribution >= 4 is 8.32 Å². The number of hydrogen-bond acceptors (Lipinski definition) is 2. The van der Waals surface area contributed by atoms with Crippen molar-refractivity contribution in [3.8, 4) is 0 Å². The van der Waals surface area contributed by atoms with Crippen molar-refractivity contribution in [2.45, 2.75) is 76.8 Å². The molecule has 0 spiro atoms. The molecule has 0 amide bonds. The lowest BCUT2D eigenvalue weighted by molar-refractivity contribution is 0.152. The van der Waals surface area contributed by atoms with Gasteiger partial charge in [0.05, 0.1) is 12.2 Å². The van der Waals surface area contributed by atoms with Crippen molar-refractivity contribution in [1.29, 1.82) is 0 Å². The second kappa shape index (κ2) is 5.68. The van der Waals surface area contributed by atoms with E-state index in [9.17, 15) is 5.11 Å². The van der Waals surface area contributed by atoms with Gasteiger partial charge in [0.2, 0.25) is 8.32 Å². The van der Waals surface area contributed by atoms with Gasteiger partial charge in [0.1, 0.15) is 0 Å². The van der Waals surface area contributed by atoms with E-state index in [1.807, 2.05) is 12.2 Å². The Hall–Kier alpha value is -0.123. The highest BCUT2D eigenvalue weighted by Gasteiger charge is 2.46. The van der Waals surface area contributed by atoms with Crippen molar-refractivity contribution < 1.29 is 9.53 Å². The van der Waals surface area contributed by atoms with Gasteiger partial charge in [-0.1, -0.05) is 53.7 Å². The normalized spacial score (nSPS) is 25.5. The van der Waals surface area contributed by atoms with Crippen LogP contribution in [0.4, 0.5) is 0 Å². The van der Waals surface area contributed by atoms with E-state index in [1.165, 1.54) is 0 Å². The molecule has 0 unspecified atom stereocenters. The number of aliphatic hydroxyl groups excluding tert-OH is 1. The molecule has 0 heterocycles. The van der Waals surface area contributed by atoms with Gasteiger partial charge in [-0.05, 0) is 16.6 Å². The Balaban J connectivity index is 2.87. The molecule has 1 N–H and O–H groups in total. The smallest absolute Gasteiger partial charge is 0.201 e. The Morgan fingerprint density at radius 1 is 1.00 bits per heavy atom. The van der Waals surface area contributed by atoms with Gasteiger partial charge in [0.25, 0.3) is 0 Å². The molecular formula is C14H28O2Si. The summed E-state index contributed by atoms with van der Waals surface area (Å²) < 4.78 is 6.55. The van der Waals surface area contributed by atoms with E-state index in [-0.39, 0.29) is 12.2 Å². The summed E-state index contributed by atoms with van der Waals surface area (Å²) in [6.07, 6.45) is 4.47. The first kappa shape index (κ1) is 14.9. The zero-order valence-corrected chi connectivity index (χ0v) is 13.1. The molecule has 0 aromatic carbocycles. The molecule has 1 aliphatic carbocycles. The lowest BCUT2D eigenvalue weighted by Crippen LogP contribution is -2.49. The zero-order chi connectivity index (χ0) is 13.2. The standard InChI is InChI=1S/C14H28O2Si/c1-10(2)17(11(3)4,12(5)6)16-14-8-7-13(15)9-14/h7-8,10-15H,9H2,1-6H3/t13-,14+/m0/s1. The predicted octanol–water partition coefficient (Wildman–Crippen LogP) is 3.87. The Morgan fingerprint density at radius 3 is 1.76 bits per heavy atom. The van der Waals surface area contributed by atoms with Gasteiger partial charge in [-0.2, -0.15) is 0 Å². The molecule has 17 heavy (non-hydrogen) atoms. The van der Waals surface area contributed by atoms with Crippen molar-refractivity contribution in [3.05, 3.63) is 12.2 Å². The van der Waals surface area contributed by atoms with E-state index >= 15 is 0 Å². The largest absolute Gasteiger partial charge is 0.410 e.